The molecule has 0 unspecified atom stereocenters. The summed E-state index contributed by atoms with van der Waals surface area (Å²) in [5.41, 5.74) is 3.69. The average Bonchev–Trinajstić information content (AvgIpc) is 3.09. The highest BCUT2D eigenvalue weighted by atomic mass is 35.5. The number of hydrogen-bond donors (Lipinski definition) is 1. The molecular formula is C24H25ClN2O5. The Balaban J connectivity index is 1.61. The molecule has 0 radical (unpaired) electrons. The minimum Gasteiger partial charge on any atom is -0.487 e. The Kier molecular flexibility index (Phi) is 6.58. The SMILES string of the molecule is COCCOc1c(Cl)cccc1NC(=O)c1cc(C)n(-c2ccc3c(c2)OCCO3)c1C. The Bertz CT molecular complexity index is 1140. The quantitative estimate of drug-likeness (QED) is 0.517. The van der Waals surface area contributed by atoms with Gasteiger partial charge in [0, 0.05) is 30.3 Å². The lowest BCUT2D eigenvalue weighted by Crippen LogP contribution is -2.16. The lowest BCUT2D eigenvalue weighted by molar-refractivity contribution is 0.102. The lowest BCUT2D eigenvalue weighted by Gasteiger charge is -2.20. The summed E-state index contributed by atoms with van der Waals surface area (Å²) in [6, 6.07) is 12.9. The summed E-state index contributed by atoms with van der Waals surface area (Å²) < 4.78 is 24.1. The fraction of sp³-hybridized carbons (Fsp3) is 0.292. The van der Waals surface area contributed by atoms with Crippen LogP contribution in [0.25, 0.3) is 5.69 Å². The Morgan fingerprint density at radius 3 is 2.66 bits per heavy atom. The van der Waals surface area contributed by atoms with E-state index in [1.165, 1.54) is 0 Å². The third-order valence-electron chi connectivity index (χ3n) is 5.21. The van der Waals surface area contributed by atoms with E-state index in [-0.39, 0.29) is 5.91 Å². The van der Waals surface area contributed by atoms with Crippen LogP contribution in [0.2, 0.25) is 5.02 Å². The van der Waals surface area contributed by atoms with E-state index < -0.39 is 0 Å². The molecule has 1 aromatic heterocycles. The van der Waals surface area contributed by atoms with Crippen LogP contribution in [0.15, 0.2) is 42.5 Å². The molecule has 0 saturated carbocycles. The molecule has 2 aromatic carbocycles. The Hall–Kier alpha value is -3.16. The second-order valence-electron chi connectivity index (χ2n) is 7.36. The number of anilines is 1. The first-order valence-electron chi connectivity index (χ1n) is 10.3. The van der Waals surface area contributed by atoms with Gasteiger partial charge in [0.15, 0.2) is 17.2 Å². The number of para-hydroxylation sites is 1. The molecule has 7 nitrogen and oxygen atoms in total. The highest BCUT2D eigenvalue weighted by molar-refractivity contribution is 6.32. The van der Waals surface area contributed by atoms with Gasteiger partial charge in [-0.1, -0.05) is 17.7 Å². The van der Waals surface area contributed by atoms with Gasteiger partial charge < -0.3 is 28.8 Å². The van der Waals surface area contributed by atoms with E-state index in [0.29, 0.717) is 54.2 Å². The molecule has 0 aliphatic carbocycles. The number of hydrogen-bond acceptors (Lipinski definition) is 5. The number of methoxy groups -OCH3 is 1. The molecule has 4 rings (SSSR count). The maximum absolute atomic E-state index is 13.2. The number of aryl methyl sites for hydroxylation is 1. The molecule has 0 saturated heterocycles. The van der Waals surface area contributed by atoms with Crippen LogP contribution >= 0.6 is 11.6 Å². The molecule has 1 aliphatic rings. The van der Waals surface area contributed by atoms with Crippen LogP contribution in [0.1, 0.15) is 21.7 Å². The van der Waals surface area contributed by atoms with Crippen molar-refractivity contribution in [3.8, 4) is 22.9 Å². The van der Waals surface area contributed by atoms with Gasteiger partial charge >= 0.3 is 0 Å². The van der Waals surface area contributed by atoms with E-state index in [0.717, 1.165) is 22.8 Å². The summed E-state index contributed by atoms with van der Waals surface area (Å²) in [7, 11) is 1.59. The zero-order chi connectivity index (χ0) is 22.7. The minimum absolute atomic E-state index is 0.249. The Morgan fingerprint density at radius 2 is 1.88 bits per heavy atom. The molecule has 2 heterocycles. The first-order valence-corrected chi connectivity index (χ1v) is 10.7. The first-order chi connectivity index (χ1) is 15.5. The van der Waals surface area contributed by atoms with Crippen molar-refractivity contribution in [2.75, 3.05) is 38.9 Å². The van der Waals surface area contributed by atoms with Crippen LogP contribution in [0.3, 0.4) is 0 Å². The predicted molar refractivity (Wildman–Crippen MR) is 123 cm³/mol. The molecule has 1 aliphatic heterocycles. The van der Waals surface area contributed by atoms with E-state index in [4.69, 9.17) is 30.5 Å². The number of aromatic nitrogens is 1. The molecule has 0 atom stereocenters. The number of fused-ring (bicyclic) bond motifs is 1. The van der Waals surface area contributed by atoms with E-state index in [2.05, 4.69) is 5.32 Å². The number of halogens is 1. The average molecular weight is 457 g/mol. The fourth-order valence-electron chi connectivity index (χ4n) is 3.73. The van der Waals surface area contributed by atoms with Crippen LogP contribution in [-0.4, -0.2) is 44.0 Å². The van der Waals surface area contributed by atoms with Crippen LogP contribution in [-0.2, 0) is 4.74 Å². The van der Waals surface area contributed by atoms with Gasteiger partial charge in [0.1, 0.15) is 19.8 Å². The van der Waals surface area contributed by atoms with Crippen LogP contribution in [0.5, 0.6) is 17.2 Å². The number of carbonyl (C=O) groups excluding carboxylic acids is 1. The van der Waals surface area contributed by atoms with Crippen molar-refractivity contribution in [1.82, 2.24) is 4.57 Å². The van der Waals surface area contributed by atoms with Crippen molar-refractivity contribution in [2.45, 2.75) is 13.8 Å². The third kappa shape index (κ3) is 4.40. The normalized spacial score (nSPS) is 12.5. The third-order valence-corrected chi connectivity index (χ3v) is 5.51. The van der Waals surface area contributed by atoms with Crippen LogP contribution in [0, 0.1) is 13.8 Å². The van der Waals surface area contributed by atoms with E-state index >= 15 is 0 Å². The van der Waals surface area contributed by atoms with Crippen molar-refractivity contribution in [3.05, 3.63) is 64.4 Å². The molecule has 32 heavy (non-hydrogen) atoms. The molecule has 3 aromatic rings. The number of nitrogens with one attached hydrogen (secondary N) is 1. The molecule has 0 fully saturated rings. The van der Waals surface area contributed by atoms with Gasteiger partial charge in [-0.15, -0.1) is 0 Å². The largest absolute Gasteiger partial charge is 0.487 e. The number of rotatable bonds is 7. The number of amides is 1. The molecule has 0 spiro atoms. The Morgan fingerprint density at radius 1 is 1.09 bits per heavy atom. The zero-order valence-electron chi connectivity index (χ0n) is 18.2. The zero-order valence-corrected chi connectivity index (χ0v) is 19.0. The molecular weight excluding hydrogens is 432 g/mol. The second kappa shape index (κ2) is 9.54. The molecule has 8 heteroatoms. The van der Waals surface area contributed by atoms with Crippen molar-refractivity contribution in [3.63, 3.8) is 0 Å². The summed E-state index contributed by atoms with van der Waals surface area (Å²) in [6.45, 7) is 5.66. The minimum atomic E-state index is -0.249. The Labute approximate surface area is 191 Å². The smallest absolute Gasteiger partial charge is 0.257 e. The van der Waals surface area contributed by atoms with Gasteiger partial charge in [-0.3, -0.25) is 4.79 Å². The van der Waals surface area contributed by atoms with Gasteiger partial charge in [-0.2, -0.15) is 0 Å². The van der Waals surface area contributed by atoms with Crippen molar-refractivity contribution >= 4 is 23.2 Å². The standard InChI is InChI=1S/C24H25ClN2O5/c1-15-13-18(16(2)27(15)17-7-8-21-22(14-17)31-12-11-30-21)24(28)26-20-6-4-5-19(25)23(20)32-10-9-29-3/h4-8,13-14H,9-12H2,1-3H3,(H,26,28). The van der Waals surface area contributed by atoms with Gasteiger partial charge in [0.2, 0.25) is 0 Å². The second-order valence-corrected chi connectivity index (χ2v) is 7.77. The summed E-state index contributed by atoms with van der Waals surface area (Å²) in [5, 5.41) is 3.35. The fourth-order valence-corrected chi connectivity index (χ4v) is 3.96. The summed E-state index contributed by atoms with van der Waals surface area (Å²) >= 11 is 6.29. The lowest BCUT2D eigenvalue weighted by atomic mass is 10.2. The number of carbonyl (C=O) groups is 1. The van der Waals surface area contributed by atoms with Crippen molar-refractivity contribution in [2.24, 2.45) is 0 Å². The molecule has 1 amide bonds. The topological polar surface area (TPSA) is 71.0 Å². The van der Waals surface area contributed by atoms with Gasteiger partial charge in [-0.25, -0.2) is 0 Å². The van der Waals surface area contributed by atoms with Gasteiger partial charge in [0.05, 0.1) is 22.9 Å². The maximum atomic E-state index is 13.2. The number of nitrogens with zero attached hydrogens (tertiary/aromatic N) is 1. The summed E-state index contributed by atoms with van der Waals surface area (Å²) in [4.78, 5) is 13.2. The number of benzene rings is 2. The monoisotopic (exact) mass is 456 g/mol. The van der Waals surface area contributed by atoms with E-state index in [1.54, 1.807) is 25.3 Å². The van der Waals surface area contributed by atoms with Crippen molar-refractivity contribution < 1.29 is 23.7 Å². The molecule has 0 bridgehead atoms. The first kappa shape index (κ1) is 22.0. The summed E-state index contributed by atoms with van der Waals surface area (Å²) in [5.74, 6) is 1.59. The van der Waals surface area contributed by atoms with Crippen LogP contribution < -0.4 is 19.5 Å². The predicted octanol–water partition coefficient (Wildman–Crippen LogP) is 4.80. The van der Waals surface area contributed by atoms with Gasteiger partial charge in [-0.05, 0) is 44.2 Å². The maximum Gasteiger partial charge on any atom is 0.257 e. The molecule has 1 N–H and O–H groups in total. The van der Waals surface area contributed by atoms with Crippen LogP contribution in [0.4, 0.5) is 5.69 Å². The highest BCUT2D eigenvalue weighted by Crippen LogP contribution is 2.35. The van der Waals surface area contributed by atoms with E-state index in [9.17, 15) is 4.79 Å². The van der Waals surface area contributed by atoms with Crippen molar-refractivity contribution in [1.29, 1.82) is 0 Å². The van der Waals surface area contributed by atoms with Gasteiger partial charge in [0.25, 0.3) is 5.91 Å². The van der Waals surface area contributed by atoms with E-state index in [1.807, 2.05) is 42.7 Å². The number of ether oxygens (including phenoxy) is 4. The summed E-state index contributed by atoms with van der Waals surface area (Å²) in [6.07, 6.45) is 0. The highest BCUT2D eigenvalue weighted by Gasteiger charge is 2.20. The molecule has 168 valence electrons.